The molecule has 0 aromatic heterocycles. The predicted octanol–water partition coefficient (Wildman–Crippen LogP) is 1.23. The van der Waals surface area contributed by atoms with Crippen molar-refractivity contribution >= 4 is 11.8 Å². The van der Waals surface area contributed by atoms with Crippen LogP contribution in [0.5, 0.6) is 0 Å². The van der Waals surface area contributed by atoms with Crippen LogP contribution in [0.2, 0.25) is 0 Å². The SMILES string of the molecule is CCC1C=CC(C2NC(N)=CS2)=CN1. The van der Waals surface area contributed by atoms with Gasteiger partial charge in [0.25, 0.3) is 0 Å². The van der Waals surface area contributed by atoms with Gasteiger partial charge in [0, 0.05) is 23.2 Å². The topological polar surface area (TPSA) is 50.1 Å². The maximum atomic E-state index is 5.64. The molecule has 4 heteroatoms. The molecule has 0 bridgehead atoms. The quantitative estimate of drug-likeness (QED) is 0.640. The van der Waals surface area contributed by atoms with E-state index in [-0.39, 0.29) is 5.37 Å². The largest absolute Gasteiger partial charge is 0.385 e. The molecule has 2 aliphatic heterocycles. The highest BCUT2D eigenvalue weighted by Crippen LogP contribution is 2.26. The molecule has 0 amide bonds. The molecule has 0 aromatic rings. The lowest BCUT2D eigenvalue weighted by Gasteiger charge is -2.20. The second kappa shape index (κ2) is 4.00. The third-order valence-corrected chi connectivity index (χ3v) is 3.41. The summed E-state index contributed by atoms with van der Waals surface area (Å²) in [6, 6.07) is 0.482. The Morgan fingerprint density at radius 2 is 2.43 bits per heavy atom. The summed E-state index contributed by atoms with van der Waals surface area (Å²) in [5.74, 6) is 0.756. The van der Waals surface area contributed by atoms with Crippen LogP contribution in [0, 0.1) is 0 Å². The Hall–Kier alpha value is -1.03. The molecule has 2 unspecified atom stereocenters. The standard InChI is InChI=1S/C10H15N3S/c1-2-8-4-3-7(5-12-8)10-13-9(11)6-14-10/h3-6,8,10,12-13H,2,11H2,1H3. The summed E-state index contributed by atoms with van der Waals surface area (Å²) in [6.45, 7) is 2.17. The third kappa shape index (κ3) is 1.90. The van der Waals surface area contributed by atoms with Gasteiger partial charge in [-0.25, -0.2) is 0 Å². The zero-order valence-electron chi connectivity index (χ0n) is 8.16. The lowest BCUT2D eigenvalue weighted by Crippen LogP contribution is -2.30. The minimum absolute atomic E-state index is 0.275. The highest BCUT2D eigenvalue weighted by atomic mass is 32.2. The fraction of sp³-hybridized carbons (Fsp3) is 0.400. The maximum Gasteiger partial charge on any atom is 0.105 e. The maximum absolute atomic E-state index is 5.64. The summed E-state index contributed by atoms with van der Waals surface area (Å²) in [5, 5.41) is 8.77. The number of nitrogens with two attached hydrogens (primary N) is 1. The van der Waals surface area contributed by atoms with E-state index >= 15 is 0 Å². The fourth-order valence-corrected chi connectivity index (χ4v) is 2.33. The van der Waals surface area contributed by atoms with E-state index < -0.39 is 0 Å². The van der Waals surface area contributed by atoms with Gasteiger partial charge >= 0.3 is 0 Å². The molecule has 4 N–H and O–H groups in total. The fourth-order valence-electron chi connectivity index (χ4n) is 1.47. The summed E-state index contributed by atoms with van der Waals surface area (Å²) in [5.41, 5.74) is 6.89. The van der Waals surface area contributed by atoms with Crippen LogP contribution in [0.1, 0.15) is 13.3 Å². The van der Waals surface area contributed by atoms with Crippen molar-refractivity contribution in [2.45, 2.75) is 24.8 Å². The van der Waals surface area contributed by atoms with Crippen LogP contribution >= 0.6 is 11.8 Å². The Morgan fingerprint density at radius 1 is 1.57 bits per heavy atom. The second-order valence-electron chi connectivity index (χ2n) is 3.42. The number of dihydropyridines is 1. The summed E-state index contributed by atoms with van der Waals surface area (Å²) in [6.07, 6.45) is 7.56. The van der Waals surface area contributed by atoms with Gasteiger partial charge in [0.2, 0.25) is 0 Å². The van der Waals surface area contributed by atoms with Crippen molar-refractivity contribution in [2.24, 2.45) is 5.73 Å². The van der Waals surface area contributed by atoms with Crippen LogP contribution in [-0.4, -0.2) is 11.4 Å². The van der Waals surface area contributed by atoms with Gasteiger partial charge in [0.15, 0.2) is 0 Å². The van der Waals surface area contributed by atoms with Crippen molar-refractivity contribution in [3.63, 3.8) is 0 Å². The molecule has 0 saturated carbocycles. The molecule has 2 rings (SSSR count). The molecule has 2 aliphatic rings. The highest BCUT2D eigenvalue weighted by Gasteiger charge is 2.19. The first-order valence-corrected chi connectivity index (χ1v) is 5.76. The van der Waals surface area contributed by atoms with E-state index in [1.165, 1.54) is 5.57 Å². The molecule has 76 valence electrons. The van der Waals surface area contributed by atoms with Gasteiger partial charge in [-0.1, -0.05) is 19.1 Å². The van der Waals surface area contributed by atoms with E-state index in [9.17, 15) is 0 Å². The van der Waals surface area contributed by atoms with Crippen molar-refractivity contribution < 1.29 is 0 Å². The van der Waals surface area contributed by atoms with Crippen LogP contribution < -0.4 is 16.4 Å². The Balaban J connectivity index is 1.96. The van der Waals surface area contributed by atoms with Gasteiger partial charge in [-0.3, -0.25) is 0 Å². The first-order valence-electron chi connectivity index (χ1n) is 4.81. The van der Waals surface area contributed by atoms with Gasteiger partial charge in [-0.2, -0.15) is 0 Å². The molecule has 0 radical (unpaired) electrons. The summed E-state index contributed by atoms with van der Waals surface area (Å²) >= 11 is 1.71. The molecule has 3 nitrogen and oxygen atoms in total. The lowest BCUT2D eigenvalue weighted by atomic mass is 10.1. The van der Waals surface area contributed by atoms with Crippen LogP contribution in [0.3, 0.4) is 0 Å². The van der Waals surface area contributed by atoms with E-state index in [0.29, 0.717) is 6.04 Å². The summed E-state index contributed by atoms with van der Waals surface area (Å²) in [7, 11) is 0. The molecule has 2 atom stereocenters. The number of nitrogens with one attached hydrogen (secondary N) is 2. The first-order chi connectivity index (χ1) is 6.79. The van der Waals surface area contributed by atoms with Gasteiger partial charge in [0.1, 0.15) is 11.2 Å². The highest BCUT2D eigenvalue weighted by molar-refractivity contribution is 8.03. The van der Waals surface area contributed by atoms with Crippen molar-refractivity contribution in [2.75, 3.05) is 0 Å². The van der Waals surface area contributed by atoms with E-state index in [1.807, 2.05) is 5.41 Å². The van der Waals surface area contributed by atoms with Crippen molar-refractivity contribution in [1.29, 1.82) is 0 Å². The van der Waals surface area contributed by atoms with Gasteiger partial charge in [0.05, 0.1) is 0 Å². The molecule has 2 heterocycles. The number of thioether (sulfide) groups is 1. The van der Waals surface area contributed by atoms with Crippen molar-refractivity contribution in [3.8, 4) is 0 Å². The smallest absolute Gasteiger partial charge is 0.105 e. The van der Waals surface area contributed by atoms with Crippen molar-refractivity contribution in [3.05, 3.63) is 35.2 Å². The molecule has 0 aliphatic carbocycles. The van der Waals surface area contributed by atoms with E-state index in [4.69, 9.17) is 5.73 Å². The first kappa shape index (κ1) is 9.52. The van der Waals surface area contributed by atoms with E-state index in [2.05, 4.69) is 35.9 Å². The second-order valence-corrected chi connectivity index (χ2v) is 4.40. The monoisotopic (exact) mass is 209 g/mol. The zero-order valence-corrected chi connectivity index (χ0v) is 8.97. The molecule has 0 spiro atoms. The van der Waals surface area contributed by atoms with Crippen molar-refractivity contribution in [1.82, 2.24) is 10.6 Å². The number of hydrogen-bond donors (Lipinski definition) is 3. The lowest BCUT2D eigenvalue weighted by molar-refractivity contribution is 0.659. The van der Waals surface area contributed by atoms with Gasteiger partial charge < -0.3 is 16.4 Å². The number of hydrogen-bond acceptors (Lipinski definition) is 4. The van der Waals surface area contributed by atoms with E-state index in [0.717, 1.165) is 12.2 Å². The Morgan fingerprint density at radius 3 is 2.93 bits per heavy atom. The molecule has 0 fully saturated rings. The zero-order chi connectivity index (χ0) is 9.97. The Kier molecular flexibility index (Phi) is 2.72. The minimum atomic E-state index is 0.275. The van der Waals surface area contributed by atoms with Crippen LogP contribution in [0.15, 0.2) is 35.2 Å². The molecular weight excluding hydrogens is 194 g/mol. The molecular formula is C10H15N3S. The van der Waals surface area contributed by atoms with Gasteiger partial charge in [-0.05, 0) is 6.42 Å². The van der Waals surface area contributed by atoms with Crippen LogP contribution in [-0.2, 0) is 0 Å². The summed E-state index contributed by atoms with van der Waals surface area (Å²) in [4.78, 5) is 0. The molecule has 14 heavy (non-hydrogen) atoms. The van der Waals surface area contributed by atoms with E-state index in [1.54, 1.807) is 11.8 Å². The average molecular weight is 209 g/mol. The third-order valence-electron chi connectivity index (χ3n) is 2.36. The van der Waals surface area contributed by atoms with Gasteiger partial charge in [-0.15, -0.1) is 11.8 Å². The minimum Gasteiger partial charge on any atom is -0.385 e. The molecule has 0 saturated heterocycles. The number of rotatable bonds is 2. The Labute approximate surface area is 88.5 Å². The Bertz CT molecular complexity index is 306. The molecule has 0 aromatic carbocycles. The summed E-state index contributed by atoms with van der Waals surface area (Å²) < 4.78 is 0. The van der Waals surface area contributed by atoms with Crippen LogP contribution in [0.4, 0.5) is 0 Å². The predicted molar refractivity (Wildman–Crippen MR) is 61.2 cm³/mol. The van der Waals surface area contributed by atoms with Crippen LogP contribution in [0.25, 0.3) is 0 Å². The average Bonchev–Trinajstić information content (AvgIpc) is 2.65. The normalized spacial score (nSPS) is 30.4.